The fourth-order valence-corrected chi connectivity index (χ4v) is 2.68. The molecule has 1 aromatic heterocycles. The fourth-order valence-electron chi connectivity index (χ4n) is 2.68. The van der Waals surface area contributed by atoms with E-state index >= 15 is 0 Å². The van der Waals surface area contributed by atoms with Gasteiger partial charge in [-0.3, -0.25) is 0 Å². The van der Waals surface area contributed by atoms with E-state index in [9.17, 15) is 4.79 Å². The van der Waals surface area contributed by atoms with Crippen molar-refractivity contribution in [2.75, 3.05) is 31.1 Å². The predicted molar refractivity (Wildman–Crippen MR) is 86.2 cm³/mol. The van der Waals surface area contributed by atoms with Gasteiger partial charge in [-0.25, -0.2) is 4.79 Å². The summed E-state index contributed by atoms with van der Waals surface area (Å²) in [4.78, 5) is 16.1. The molecule has 1 aliphatic rings. The fraction of sp³-hybridized carbons (Fsp3) is 0.471. The summed E-state index contributed by atoms with van der Waals surface area (Å²) in [6.07, 6.45) is 1.48. The summed E-state index contributed by atoms with van der Waals surface area (Å²) in [6, 6.07) is 8.11. The number of anilines is 1. The first-order chi connectivity index (χ1) is 10.4. The highest BCUT2D eigenvalue weighted by atomic mass is 16.6. The van der Waals surface area contributed by atoms with E-state index in [-0.39, 0.29) is 6.09 Å². The predicted octanol–water partition coefficient (Wildman–Crippen LogP) is 3.49. The van der Waals surface area contributed by atoms with E-state index in [0.717, 1.165) is 29.7 Å². The molecule has 1 amide bonds. The molecule has 0 radical (unpaired) electrons. The highest BCUT2D eigenvalue weighted by Crippen LogP contribution is 2.28. The number of piperazine rings is 1. The van der Waals surface area contributed by atoms with Crippen molar-refractivity contribution in [3.8, 4) is 0 Å². The van der Waals surface area contributed by atoms with Crippen LogP contribution in [0.4, 0.5) is 10.5 Å². The average molecular weight is 302 g/mol. The molecule has 1 aromatic carbocycles. The number of nitrogens with zero attached hydrogens (tertiary/aromatic N) is 2. The molecule has 0 N–H and O–H groups in total. The number of amides is 1. The number of carbonyl (C=O) groups is 1. The Kier molecular flexibility index (Phi) is 3.72. The lowest BCUT2D eigenvalue weighted by Gasteiger charge is -2.36. The van der Waals surface area contributed by atoms with Crippen LogP contribution >= 0.6 is 0 Å². The molecule has 0 unspecified atom stereocenters. The van der Waals surface area contributed by atoms with Gasteiger partial charge in [0.1, 0.15) is 5.60 Å². The molecule has 5 heteroatoms. The molecule has 1 fully saturated rings. The standard InChI is InChI=1S/C17H22N2O3/c1-17(2,3)22-16(20)19-10-8-18(9-11-19)14-6-4-5-13-7-12-21-15(13)14/h4-7,12H,8-11H2,1-3H3. The van der Waals surface area contributed by atoms with Crippen molar-refractivity contribution in [2.24, 2.45) is 0 Å². The highest BCUT2D eigenvalue weighted by molar-refractivity contribution is 5.89. The number of hydrogen-bond acceptors (Lipinski definition) is 4. The van der Waals surface area contributed by atoms with Gasteiger partial charge in [0, 0.05) is 31.6 Å². The number of furan rings is 1. The van der Waals surface area contributed by atoms with Crippen LogP contribution in [-0.4, -0.2) is 42.8 Å². The number of para-hydroxylation sites is 1. The summed E-state index contributed by atoms with van der Waals surface area (Å²) < 4.78 is 11.0. The molecule has 22 heavy (non-hydrogen) atoms. The molecule has 1 saturated heterocycles. The molecule has 0 atom stereocenters. The Bertz CT molecular complexity index is 664. The van der Waals surface area contributed by atoms with Crippen LogP contribution in [0.2, 0.25) is 0 Å². The van der Waals surface area contributed by atoms with Crippen molar-refractivity contribution >= 4 is 22.7 Å². The van der Waals surface area contributed by atoms with Gasteiger partial charge in [0.2, 0.25) is 0 Å². The average Bonchev–Trinajstić information content (AvgIpc) is 2.94. The maximum Gasteiger partial charge on any atom is 0.410 e. The van der Waals surface area contributed by atoms with Gasteiger partial charge in [0.15, 0.2) is 5.58 Å². The van der Waals surface area contributed by atoms with Gasteiger partial charge in [0.05, 0.1) is 12.0 Å². The zero-order valence-corrected chi connectivity index (χ0v) is 13.3. The van der Waals surface area contributed by atoms with Gasteiger partial charge in [-0.05, 0) is 32.9 Å². The van der Waals surface area contributed by atoms with Gasteiger partial charge in [-0.1, -0.05) is 12.1 Å². The molecule has 1 aliphatic heterocycles. The molecule has 2 heterocycles. The van der Waals surface area contributed by atoms with E-state index in [2.05, 4.69) is 11.0 Å². The number of benzene rings is 1. The minimum absolute atomic E-state index is 0.233. The van der Waals surface area contributed by atoms with Gasteiger partial charge in [-0.2, -0.15) is 0 Å². The first kappa shape index (κ1) is 14.8. The summed E-state index contributed by atoms with van der Waals surface area (Å²) in [5, 5.41) is 1.10. The summed E-state index contributed by atoms with van der Waals surface area (Å²) in [5.41, 5.74) is 1.55. The van der Waals surface area contributed by atoms with Crippen molar-refractivity contribution in [2.45, 2.75) is 26.4 Å². The van der Waals surface area contributed by atoms with Crippen LogP contribution in [0.3, 0.4) is 0 Å². The van der Waals surface area contributed by atoms with Gasteiger partial charge < -0.3 is 19.0 Å². The molecule has 5 nitrogen and oxygen atoms in total. The zero-order chi connectivity index (χ0) is 15.7. The highest BCUT2D eigenvalue weighted by Gasteiger charge is 2.26. The van der Waals surface area contributed by atoms with Crippen LogP contribution in [0.5, 0.6) is 0 Å². The lowest BCUT2D eigenvalue weighted by molar-refractivity contribution is 0.0240. The largest absolute Gasteiger partial charge is 0.462 e. The molecule has 0 saturated carbocycles. The van der Waals surface area contributed by atoms with Crippen LogP contribution < -0.4 is 4.90 Å². The minimum Gasteiger partial charge on any atom is -0.462 e. The van der Waals surface area contributed by atoms with Crippen molar-refractivity contribution in [3.05, 3.63) is 30.5 Å². The van der Waals surface area contributed by atoms with Crippen molar-refractivity contribution in [1.29, 1.82) is 0 Å². The Balaban J connectivity index is 1.67. The van der Waals surface area contributed by atoms with Gasteiger partial charge in [0.25, 0.3) is 0 Å². The van der Waals surface area contributed by atoms with Gasteiger partial charge in [-0.15, -0.1) is 0 Å². The smallest absolute Gasteiger partial charge is 0.410 e. The quantitative estimate of drug-likeness (QED) is 0.809. The Morgan fingerprint density at radius 1 is 1.14 bits per heavy atom. The second-order valence-corrected chi connectivity index (χ2v) is 6.57. The van der Waals surface area contributed by atoms with E-state index in [1.54, 1.807) is 11.2 Å². The van der Waals surface area contributed by atoms with E-state index < -0.39 is 5.60 Å². The molecule has 0 bridgehead atoms. The van der Waals surface area contributed by atoms with Crippen molar-refractivity contribution in [1.82, 2.24) is 4.90 Å². The maximum atomic E-state index is 12.1. The molecular formula is C17H22N2O3. The lowest BCUT2D eigenvalue weighted by atomic mass is 10.2. The number of fused-ring (bicyclic) bond motifs is 1. The Morgan fingerprint density at radius 2 is 1.86 bits per heavy atom. The maximum absolute atomic E-state index is 12.1. The molecule has 0 spiro atoms. The first-order valence-corrected chi connectivity index (χ1v) is 7.63. The van der Waals surface area contributed by atoms with Crippen molar-refractivity contribution < 1.29 is 13.9 Å². The summed E-state index contributed by atoms with van der Waals surface area (Å²) in [6.45, 7) is 8.53. The Labute approximate surface area is 130 Å². The SMILES string of the molecule is CC(C)(C)OC(=O)N1CCN(c2cccc3ccoc23)CC1. The van der Waals surface area contributed by atoms with Crippen LogP contribution in [0.25, 0.3) is 11.0 Å². The Morgan fingerprint density at radius 3 is 2.55 bits per heavy atom. The third kappa shape index (κ3) is 3.03. The van der Waals surface area contributed by atoms with E-state index in [0.29, 0.717) is 13.1 Å². The normalized spacial score (nSPS) is 16.1. The molecule has 2 aromatic rings. The zero-order valence-electron chi connectivity index (χ0n) is 13.3. The third-order valence-corrected chi connectivity index (χ3v) is 3.73. The van der Waals surface area contributed by atoms with Crippen LogP contribution in [-0.2, 0) is 4.74 Å². The summed E-state index contributed by atoms with van der Waals surface area (Å²) >= 11 is 0. The van der Waals surface area contributed by atoms with Crippen LogP contribution in [0.1, 0.15) is 20.8 Å². The summed E-state index contributed by atoms with van der Waals surface area (Å²) in [5.74, 6) is 0. The number of carbonyl (C=O) groups excluding carboxylic acids is 1. The lowest BCUT2D eigenvalue weighted by Crippen LogP contribution is -2.50. The number of hydrogen-bond donors (Lipinski definition) is 0. The second kappa shape index (κ2) is 5.55. The second-order valence-electron chi connectivity index (χ2n) is 6.57. The van der Waals surface area contributed by atoms with Gasteiger partial charge >= 0.3 is 6.09 Å². The summed E-state index contributed by atoms with van der Waals surface area (Å²) in [7, 11) is 0. The number of ether oxygens (including phenoxy) is 1. The first-order valence-electron chi connectivity index (χ1n) is 7.63. The molecule has 0 aliphatic carbocycles. The van der Waals surface area contributed by atoms with Crippen LogP contribution in [0.15, 0.2) is 34.9 Å². The monoisotopic (exact) mass is 302 g/mol. The van der Waals surface area contributed by atoms with Crippen LogP contribution in [0, 0.1) is 0 Å². The van der Waals surface area contributed by atoms with Crippen molar-refractivity contribution in [3.63, 3.8) is 0 Å². The molecule has 118 valence electrons. The molecule has 3 rings (SSSR count). The minimum atomic E-state index is -0.450. The molecular weight excluding hydrogens is 280 g/mol. The van der Waals surface area contributed by atoms with E-state index in [1.165, 1.54) is 0 Å². The Hall–Kier alpha value is -2.17. The third-order valence-electron chi connectivity index (χ3n) is 3.73. The number of rotatable bonds is 1. The topological polar surface area (TPSA) is 45.9 Å². The van der Waals surface area contributed by atoms with E-state index in [4.69, 9.17) is 9.15 Å². The van der Waals surface area contributed by atoms with E-state index in [1.807, 2.05) is 39.0 Å².